The van der Waals surface area contributed by atoms with E-state index in [0.717, 1.165) is 31.6 Å². The fourth-order valence-corrected chi connectivity index (χ4v) is 3.62. The standard InChI is InChI=1S/C23H31FN4O/c1-2-25-23(26-12-10-18-6-5-9-21(24)14-18)27-15-22(29)17-28-13-11-19-7-3-4-8-20(19)16-28/h3-9,14,22,29H,2,10-13,15-17H2,1H3,(H2,25,26,27). The third kappa shape index (κ3) is 6.84. The minimum Gasteiger partial charge on any atom is -0.390 e. The lowest BCUT2D eigenvalue weighted by molar-refractivity contribution is 0.111. The molecule has 29 heavy (non-hydrogen) atoms. The highest BCUT2D eigenvalue weighted by Crippen LogP contribution is 2.18. The smallest absolute Gasteiger partial charge is 0.191 e. The monoisotopic (exact) mass is 398 g/mol. The average molecular weight is 399 g/mol. The lowest BCUT2D eigenvalue weighted by atomic mass is 10.00. The quantitative estimate of drug-likeness (QED) is 0.472. The van der Waals surface area contributed by atoms with E-state index in [1.165, 1.54) is 17.2 Å². The van der Waals surface area contributed by atoms with Crippen molar-refractivity contribution in [3.63, 3.8) is 0 Å². The number of fused-ring (bicyclic) bond motifs is 1. The second kappa shape index (κ2) is 10.9. The summed E-state index contributed by atoms with van der Waals surface area (Å²) in [5.41, 5.74) is 3.70. The highest BCUT2D eigenvalue weighted by molar-refractivity contribution is 5.79. The zero-order valence-corrected chi connectivity index (χ0v) is 17.1. The Morgan fingerprint density at radius 3 is 2.79 bits per heavy atom. The molecule has 1 aliphatic heterocycles. The number of halogens is 1. The molecule has 0 aliphatic carbocycles. The lowest BCUT2D eigenvalue weighted by Gasteiger charge is -2.30. The van der Waals surface area contributed by atoms with Crippen LogP contribution in [0.4, 0.5) is 4.39 Å². The van der Waals surface area contributed by atoms with Crippen LogP contribution in [-0.4, -0.2) is 54.8 Å². The molecule has 0 aromatic heterocycles. The average Bonchev–Trinajstić information content (AvgIpc) is 2.72. The molecule has 1 aliphatic rings. The predicted octanol–water partition coefficient (Wildman–Crippen LogP) is 2.34. The molecule has 1 unspecified atom stereocenters. The molecule has 2 aromatic rings. The molecule has 6 heteroatoms. The first kappa shape index (κ1) is 21.3. The number of nitrogens with one attached hydrogen (secondary N) is 2. The molecule has 2 aromatic carbocycles. The highest BCUT2D eigenvalue weighted by Gasteiger charge is 2.18. The van der Waals surface area contributed by atoms with Gasteiger partial charge in [0.15, 0.2) is 5.96 Å². The van der Waals surface area contributed by atoms with Crippen LogP contribution >= 0.6 is 0 Å². The molecule has 156 valence electrons. The number of hydrogen-bond acceptors (Lipinski definition) is 3. The summed E-state index contributed by atoms with van der Waals surface area (Å²) in [6, 6.07) is 15.1. The summed E-state index contributed by atoms with van der Waals surface area (Å²) in [5, 5.41) is 16.9. The number of hydrogen-bond donors (Lipinski definition) is 3. The van der Waals surface area contributed by atoms with Crippen LogP contribution in [0.5, 0.6) is 0 Å². The molecule has 0 radical (unpaired) electrons. The van der Waals surface area contributed by atoms with Crippen molar-refractivity contribution >= 4 is 5.96 Å². The first-order valence-electron chi connectivity index (χ1n) is 10.4. The maximum atomic E-state index is 13.3. The van der Waals surface area contributed by atoms with Gasteiger partial charge in [-0.25, -0.2) is 4.39 Å². The van der Waals surface area contributed by atoms with Gasteiger partial charge in [0, 0.05) is 32.7 Å². The maximum Gasteiger partial charge on any atom is 0.191 e. The van der Waals surface area contributed by atoms with Crippen LogP contribution in [0.1, 0.15) is 23.6 Å². The van der Waals surface area contributed by atoms with E-state index in [-0.39, 0.29) is 5.82 Å². The molecule has 1 heterocycles. The Morgan fingerprint density at radius 1 is 1.17 bits per heavy atom. The van der Waals surface area contributed by atoms with Gasteiger partial charge in [0.1, 0.15) is 5.82 Å². The summed E-state index contributed by atoms with van der Waals surface area (Å²) >= 11 is 0. The summed E-state index contributed by atoms with van der Waals surface area (Å²) in [5.74, 6) is 0.457. The summed E-state index contributed by atoms with van der Waals surface area (Å²) in [7, 11) is 0. The number of aliphatic hydroxyl groups is 1. The minimum atomic E-state index is -0.515. The molecule has 3 rings (SSSR count). The van der Waals surface area contributed by atoms with Gasteiger partial charge in [-0.1, -0.05) is 36.4 Å². The topological polar surface area (TPSA) is 59.9 Å². The van der Waals surface area contributed by atoms with Crippen LogP contribution in [0.25, 0.3) is 0 Å². The maximum absolute atomic E-state index is 13.3. The molecule has 5 nitrogen and oxygen atoms in total. The van der Waals surface area contributed by atoms with E-state index in [1.807, 2.05) is 13.0 Å². The summed E-state index contributed by atoms with van der Waals surface area (Å²) in [6.07, 6.45) is 1.22. The molecular formula is C23H31FN4O. The molecule has 0 spiro atoms. The Balaban J connectivity index is 1.45. The molecular weight excluding hydrogens is 367 g/mol. The van der Waals surface area contributed by atoms with Gasteiger partial charge in [-0.05, 0) is 48.6 Å². The zero-order chi connectivity index (χ0) is 20.5. The molecule has 0 bridgehead atoms. The normalized spacial score (nSPS) is 15.6. The molecule has 0 amide bonds. The van der Waals surface area contributed by atoms with Crippen LogP contribution in [0.15, 0.2) is 53.5 Å². The Morgan fingerprint density at radius 2 is 2.00 bits per heavy atom. The van der Waals surface area contributed by atoms with Gasteiger partial charge in [-0.2, -0.15) is 0 Å². The van der Waals surface area contributed by atoms with Gasteiger partial charge in [0.05, 0.1) is 12.6 Å². The Bertz CT molecular complexity index is 811. The van der Waals surface area contributed by atoms with E-state index < -0.39 is 6.10 Å². The van der Waals surface area contributed by atoms with Gasteiger partial charge >= 0.3 is 0 Å². The van der Waals surface area contributed by atoms with Crippen LogP contribution in [0, 0.1) is 5.82 Å². The van der Waals surface area contributed by atoms with Gasteiger partial charge in [-0.15, -0.1) is 0 Å². The Hall–Kier alpha value is -2.44. The van der Waals surface area contributed by atoms with Crippen LogP contribution in [0.3, 0.4) is 0 Å². The molecule has 0 saturated carbocycles. The number of β-amino-alcohol motifs (C(OH)–C–C–N with tert-alkyl or cyclic N) is 1. The Labute approximate surface area is 172 Å². The number of guanidine groups is 1. The number of rotatable bonds is 8. The van der Waals surface area contributed by atoms with Gasteiger partial charge in [-0.3, -0.25) is 9.89 Å². The fourth-order valence-electron chi connectivity index (χ4n) is 3.62. The summed E-state index contributed by atoms with van der Waals surface area (Å²) < 4.78 is 13.3. The predicted molar refractivity (Wildman–Crippen MR) is 116 cm³/mol. The van der Waals surface area contributed by atoms with Crippen molar-refractivity contribution in [2.75, 3.05) is 32.7 Å². The van der Waals surface area contributed by atoms with Crippen LogP contribution < -0.4 is 10.6 Å². The Kier molecular flexibility index (Phi) is 8.02. The first-order chi connectivity index (χ1) is 14.1. The molecule has 0 fully saturated rings. The van der Waals surface area contributed by atoms with E-state index in [9.17, 15) is 9.50 Å². The van der Waals surface area contributed by atoms with Crippen molar-refractivity contribution in [2.24, 2.45) is 4.99 Å². The van der Waals surface area contributed by atoms with Crippen molar-refractivity contribution < 1.29 is 9.50 Å². The largest absolute Gasteiger partial charge is 0.390 e. The third-order valence-electron chi connectivity index (χ3n) is 5.08. The number of benzene rings is 2. The number of nitrogens with zero attached hydrogens (tertiary/aromatic N) is 2. The fraction of sp³-hybridized carbons (Fsp3) is 0.435. The third-order valence-corrected chi connectivity index (χ3v) is 5.08. The van der Waals surface area contributed by atoms with E-state index in [0.29, 0.717) is 32.0 Å². The van der Waals surface area contributed by atoms with E-state index >= 15 is 0 Å². The SMILES string of the molecule is CCNC(=NCC(O)CN1CCc2ccccc2C1)NCCc1cccc(F)c1. The number of aliphatic hydroxyl groups excluding tert-OH is 1. The molecule has 1 atom stereocenters. The first-order valence-corrected chi connectivity index (χ1v) is 10.4. The minimum absolute atomic E-state index is 0.216. The van der Waals surface area contributed by atoms with E-state index in [2.05, 4.69) is 44.8 Å². The van der Waals surface area contributed by atoms with Crippen molar-refractivity contribution in [1.29, 1.82) is 0 Å². The van der Waals surface area contributed by atoms with E-state index in [1.54, 1.807) is 12.1 Å². The summed E-state index contributed by atoms with van der Waals surface area (Å²) in [6.45, 7) is 6.19. The van der Waals surface area contributed by atoms with Gasteiger partial charge in [0.25, 0.3) is 0 Å². The van der Waals surface area contributed by atoms with Gasteiger partial charge in [0.2, 0.25) is 0 Å². The number of aliphatic imine (C=N–C) groups is 1. The highest BCUT2D eigenvalue weighted by atomic mass is 19.1. The lowest BCUT2D eigenvalue weighted by Crippen LogP contribution is -2.40. The van der Waals surface area contributed by atoms with Crippen LogP contribution in [0.2, 0.25) is 0 Å². The molecule has 0 saturated heterocycles. The van der Waals surface area contributed by atoms with Crippen molar-refractivity contribution in [2.45, 2.75) is 32.4 Å². The zero-order valence-electron chi connectivity index (χ0n) is 17.1. The van der Waals surface area contributed by atoms with Crippen molar-refractivity contribution in [3.05, 3.63) is 71.0 Å². The van der Waals surface area contributed by atoms with Crippen molar-refractivity contribution in [3.8, 4) is 0 Å². The second-order valence-electron chi connectivity index (χ2n) is 7.43. The second-order valence-corrected chi connectivity index (χ2v) is 7.43. The molecule has 3 N–H and O–H groups in total. The van der Waals surface area contributed by atoms with Crippen LogP contribution in [-0.2, 0) is 19.4 Å². The summed E-state index contributed by atoms with van der Waals surface area (Å²) in [4.78, 5) is 6.80. The van der Waals surface area contributed by atoms with Crippen molar-refractivity contribution in [1.82, 2.24) is 15.5 Å². The van der Waals surface area contributed by atoms with E-state index in [4.69, 9.17) is 0 Å². The van der Waals surface area contributed by atoms with Gasteiger partial charge < -0.3 is 15.7 Å².